The second-order valence-electron chi connectivity index (χ2n) is 5.76. The molecule has 21 heavy (non-hydrogen) atoms. The minimum atomic E-state index is -0.905. The summed E-state index contributed by atoms with van der Waals surface area (Å²) >= 11 is 0. The van der Waals surface area contributed by atoms with Crippen molar-refractivity contribution in [1.82, 2.24) is 10.2 Å². The van der Waals surface area contributed by atoms with Gasteiger partial charge in [0.1, 0.15) is 6.04 Å². The van der Waals surface area contributed by atoms with Crippen molar-refractivity contribution in [2.45, 2.75) is 64.5 Å². The van der Waals surface area contributed by atoms with Crippen molar-refractivity contribution in [2.24, 2.45) is 0 Å². The number of nitrogens with one attached hydrogen (secondary N) is 1. The Balaban J connectivity index is 2.30. The van der Waals surface area contributed by atoms with Crippen LogP contribution >= 0.6 is 0 Å². The van der Waals surface area contributed by atoms with Crippen molar-refractivity contribution in [1.29, 1.82) is 0 Å². The van der Waals surface area contributed by atoms with Crippen LogP contribution in [-0.4, -0.2) is 53.8 Å². The molecule has 2 amide bonds. The minimum Gasteiger partial charge on any atom is -0.480 e. The zero-order valence-electron chi connectivity index (χ0n) is 13.1. The first-order chi connectivity index (χ1) is 10.0. The average molecular weight is 300 g/mol. The highest BCUT2D eigenvalue weighted by Gasteiger charge is 2.30. The van der Waals surface area contributed by atoms with Crippen molar-refractivity contribution in [2.75, 3.05) is 19.7 Å². The highest BCUT2D eigenvalue weighted by molar-refractivity contribution is 5.82. The van der Waals surface area contributed by atoms with Crippen LogP contribution in [0.5, 0.6) is 0 Å². The number of carboxylic acids is 1. The third kappa shape index (κ3) is 6.80. The summed E-state index contributed by atoms with van der Waals surface area (Å²) in [6, 6.07) is -0.939. The molecule has 0 aromatic rings. The van der Waals surface area contributed by atoms with Crippen LogP contribution < -0.4 is 5.32 Å². The molecule has 0 bridgehead atoms. The molecule has 0 aromatic heterocycles. The standard InChI is InChI=1S/C15H28N2O4/c1-12(2)21-11-7-5-9-16-15(20)17-10-6-3-4-8-13(17)14(18)19/h12-13H,3-11H2,1-2H3,(H,16,20)(H,18,19). The molecule has 1 aliphatic rings. The molecule has 0 aromatic carbocycles. The summed E-state index contributed by atoms with van der Waals surface area (Å²) in [5.74, 6) is -0.905. The van der Waals surface area contributed by atoms with Gasteiger partial charge in [-0.25, -0.2) is 9.59 Å². The Labute approximate surface area is 126 Å². The van der Waals surface area contributed by atoms with E-state index < -0.39 is 12.0 Å². The molecule has 0 aliphatic carbocycles. The van der Waals surface area contributed by atoms with Gasteiger partial charge >= 0.3 is 12.0 Å². The third-order valence-electron chi connectivity index (χ3n) is 3.60. The van der Waals surface area contributed by atoms with Crippen LogP contribution in [-0.2, 0) is 9.53 Å². The zero-order valence-corrected chi connectivity index (χ0v) is 13.1. The fourth-order valence-corrected chi connectivity index (χ4v) is 2.45. The van der Waals surface area contributed by atoms with Crippen LogP contribution in [0.15, 0.2) is 0 Å². The Kier molecular flexibility index (Phi) is 8.12. The molecule has 122 valence electrons. The van der Waals surface area contributed by atoms with E-state index in [-0.39, 0.29) is 12.1 Å². The number of urea groups is 1. The summed E-state index contributed by atoms with van der Waals surface area (Å²) in [6.07, 6.45) is 5.23. The summed E-state index contributed by atoms with van der Waals surface area (Å²) in [5, 5.41) is 12.1. The first-order valence-corrected chi connectivity index (χ1v) is 7.91. The van der Waals surface area contributed by atoms with E-state index in [0.717, 1.165) is 32.1 Å². The molecule has 0 spiro atoms. The van der Waals surface area contributed by atoms with Gasteiger partial charge in [-0.1, -0.05) is 12.8 Å². The molecule has 1 saturated heterocycles. The Hall–Kier alpha value is -1.30. The fourth-order valence-electron chi connectivity index (χ4n) is 2.45. The van der Waals surface area contributed by atoms with Crippen LogP contribution in [0.25, 0.3) is 0 Å². The van der Waals surface area contributed by atoms with Crippen LogP contribution in [0, 0.1) is 0 Å². The topological polar surface area (TPSA) is 78.9 Å². The number of amides is 2. The molecule has 1 rings (SSSR count). The van der Waals surface area contributed by atoms with Crippen molar-refractivity contribution in [3.63, 3.8) is 0 Å². The summed E-state index contributed by atoms with van der Waals surface area (Å²) in [7, 11) is 0. The molecule has 1 atom stereocenters. The Morgan fingerprint density at radius 3 is 2.71 bits per heavy atom. The predicted octanol–water partition coefficient (Wildman–Crippen LogP) is 2.23. The summed E-state index contributed by atoms with van der Waals surface area (Å²) in [6.45, 7) is 5.76. The van der Waals surface area contributed by atoms with E-state index in [1.807, 2.05) is 13.8 Å². The van der Waals surface area contributed by atoms with E-state index in [4.69, 9.17) is 4.74 Å². The lowest BCUT2D eigenvalue weighted by Crippen LogP contribution is -2.49. The molecule has 1 aliphatic heterocycles. The molecule has 1 heterocycles. The normalized spacial score (nSPS) is 19.4. The van der Waals surface area contributed by atoms with Crippen molar-refractivity contribution >= 4 is 12.0 Å². The van der Waals surface area contributed by atoms with Gasteiger partial charge in [-0.15, -0.1) is 0 Å². The van der Waals surface area contributed by atoms with Gasteiger partial charge in [-0.05, 0) is 39.5 Å². The van der Waals surface area contributed by atoms with E-state index in [1.54, 1.807) is 0 Å². The van der Waals surface area contributed by atoms with E-state index in [1.165, 1.54) is 4.90 Å². The predicted molar refractivity (Wildman–Crippen MR) is 80.3 cm³/mol. The number of hydrogen-bond donors (Lipinski definition) is 2. The molecule has 0 radical (unpaired) electrons. The van der Waals surface area contributed by atoms with E-state index >= 15 is 0 Å². The zero-order chi connectivity index (χ0) is 15.7. The van der Waals surface area contributed by atoms with Crippen LogP contribution in [0.1, 0.15) is 52.4 Å². The second kappa shape index (κ2) is 9.60. The van der Waals surface area contributed by atoms with Gasteiger partial charge in [-0.2, -0.15) is 0 Å². The monoisotopic (exact) mass is 300 g/mol. The number of hydrogen-bond acceptors (Lipinski definition) is 3. The lowest BCUT2D eigenvalue weighted by atomic mass is 10.1. The average Bonchev–Trinajstić information content (AvgIpc) is 2.67. The van der Waals surface area contributed by atoms with Gasteiger partial charge < -0.3 is 20.1 Å². The summed E-state index contributed by atoms with van der Waals surface area (Å²) in [5.41, 5.74) is 0. The molecular formula is C15H28N2O4. The molecule has 2 N–H and O–H groups in total. The Morgan fingerprint density at radius 2 is 2.05 bits per heavy atom. The molecule has 6 heteroatoms. The fraction of sp³-hybridized carbons (Fsp3) is 0.867. The van der Waals surface area contributed by atoms with E-state index in [9.17, 15) is 14.7 Å². The number of nitrogens with zero attached hydrogens (tertiary/aromatic N) is 1. The lowest BCUT2D eigenvalue weighted by Gasteiger charge is -2.27. The number of carbonyl (C=O) groups excluding carboxylic acids is 1. The quantitative estimate of drug-likeness (QED) is 0.707. The molecule has 1 unspecified atom stereocenters. The summed E-state index contributed by atoms with van der Waals surface area (Å²) < 4.78 is 5.43. The SMILES string of the molecule is CC(C)OCCCCNC(=O)N1CCCCCC1C(=O)O. The first kappa shape index (κ1) is 17.8. The number of carbonyl (C=O) groups is 2. The molecule has 0 saturated carbocycles. The molecular weight excluding hydrogens is 272 g/mol. The van der Waals surface area contributed by atoms with Gasteiger partial charge in [0.05, 0.1) is 6.10 Å². The van der Waals surface area contributed by atoms with Crippen molar-refractivity contribution in [3.05, 3.63) is 0 Å². The number of rotatable bonds is 7. The summed E-state index contributed by atoms with van der Waals surface area (Å²) in [4.78, 5) is 24.9. The van der Waals surface area contributed by atoms with Crippen molar-refractivity contribution in [3.8, 4) is 0 Å². The largest absolute Gasteiger partial charge is 0.480 e. The highest BCUT2D eigenvalue weighted by atomic mass is 16.5. The lowest BCUT2D eigenvalue weighted by molar-refractivity contribution is -0.142. The van der Waals surface area contributed by atoms with Crippen LogP contribution in [0.2, 0.25) is 0 Å². The maximum Gasteiger partial charge on any atom is 0.326 e. The Bertz CT molecular complexity index is 334. The smallest absolute Gasteiger partial charge is 0.326 e. The highest BCUT2D eigenvalue weighted by Crippen LogP contribution is 2.17. The van der Waals surface area contributed by atoms with E-state index in [0.29, 0.717) is 26.1 Å². The van der Waals surface area contributed by atoms with Gasteiger partial charge in [0.25, 0.3) is 0 Å². The second-order valence-corrected chi connectivity index (χ2v) is 5.76. The third-order valence-corrected chi connectivity index (χ3v) is 3.60. The van der Waals surface area contributed by atoms with Gasteiger partial charge in [0, 0.05) is 19.7 Å². The maximum absolute atomic E-state index is 12.1. The number of ether oxygens (including phenoxy) is 1. The number of aliphatic carboxylic acids is 1. The minimum absolute atomic E-state index is 0.230. The number of likely N-dealkylation sites (tertiary alicyclic amines) is 1. The van der Waals surface area contributed by atoms with Crippen molar-refractivity contribution < 1.29 is 19.4 Å². The number of unbranched alkanes of at least 4 members (excludes halogenated alkanes) is 1. The number of carboxylic acid groups (broad SMARTS) is 1. The van der Waals surface area contributed by atoms with Gasteiger partial charge in [0.15, 0.2) is 0 Å². The maximum atomic E-state index is 12.1. The van der Waals surface area contributed by atoms with Crippen LogP contribution in [0.4, 0.5) is 4.79 Å². The first-order valence-electron chi connectivity index (χ1n) is 7.91. The van der Waals surface area contributed by atoms with Gasteiger partial charge in [0.2, 0.25) is 0 Å². The van der Waals surface area contributed by atoms with E-state index in [2.05, 4.69) is 5.32 Å². The molecule has 6 nitrogen and oxygen atoms in total. The molecule has 1 fully saturated rings. The Morgan fingerprint density at radius 1 is 1.29 bits per heavy atom. The van der Waals surface area contributed by atoms with Gasteiger partial charge in [-0.3, -0.25) is 0 Å². The van der Waals surface area contributed by atoms with Crippen LogP contribution in [0.3, 0.4) is 0 Å².